The van der Waals surface area contributed by atoms with Crippen molar-refractivity contribution in [1.82, 2.24) is 5.32 Å². The van der Waals surface area contributed by atoms with Crippen LogP contribution in [0.2, 0.25) is 0 Å². The number of nitrogens with zero attached hydrogens (tertiary/aromatic N) is 1. The van der Waals surface area contributed by atoms with Gasteiger partial charge in [-0.2, -0.15) is 0 Å². The average Bonchev–Trinajstić information content (AvgIpc) is 2.75. The highest BCUT2D eigenvalue weighted by Gasteiger charge is 2.17. The molecule has 0 bridgehead atoms. The first kappa shape index (κ1) is 12.2. The molecule has 18 heavy (non-hydrogen) atoms. The molecule has 0 radical (unpaired) electrons. The number of hydrogen-bond donors (Lipinski definition) is 2. The Labute approximate surface area is 107 Å². The lowest BCUT2D eigenvalue weighted by atomic mass is 10.1. The third-order valence-electron chi connectivity index (χ3n) is 2.78. The van der Waals surface area contributed by atoms with E-state index in [9.17, 15) is 0 Å². The van der Waals surface area contributed by atoms with Gasteiger partial charge in [0, 0.05) is 23.2 Å². The SMILES string of the molecule is C=C/N=C1/NC(c2ccc(N)cc2)=CC1=C(C)C. The molecule has 1 aliphatic heterocycles. The molecule has 3 N–H and O–H groups in total. The van der Waals surface area contributed by atoms with Gasteiger partial charge >= 0.3 is 0 Å². The van der Waals surface area contributed by atoms with Gasteiger partial charge in [-0.15, -0.1) is 0 Å². The van der Waals surface area contributed by atoms with E-state index >= 15 is 0 Å². The molecular weight excluding hydrogens is 222 g/mol. The van der Waals surface area contributed by atoms with Crippen LogP contribution in [0, 0.1) is 0 Å². The highest BCUT2D eigenvalue weighted by Crippen LogP contribution is 2.23. The lowest BCUT2D eigenvalue weighted by Crippen LogP contribution is -2.16. The van der Waals surface area contributed by atoms with E-state index in [4.69, 9.17) is 5.73 Å². The predicted molar refractivity (Wildman–Crippen MR) is 78.0 cm³/mol. The summed E-state index contributed by atoms with van der Waals surface area (Å²) in [6.45, 7) is 7.77. The Hall–Kier alpha value is -2.29. The Kier molecular flexibility index (Phi) is 3.33. The van der Waals surface area contributed by atoms with Gasteiger partial charge in [-0.3, -0.25) is 0 Å². The van der Waals surface area contributed by atoms with Gasteiger partial charge in [0.25, 0.3) is 0 Å². The third kappa shape index (κ3) is 2.35. The summed E-state index contributed by atoms with van der Waals surface area (Å²) >= 11 is 0. The minimum absolute atomic E-state index is 0.764. The second-order valence-corrected chi connectivity index (χ2v) is 4.38. The van der Waals surface area contributed by atoms with Gasteiger partial charge in [-0.1, -0.05) is 24.3 Å². The first-order valence-electron chi connectivity index (χ1n) is 5.83. The molecule has 0 amide bonds. The molecule has 0 saturated carbocycles. The molecule has 0 unspecified atom stereocenters. The highest BCUT2D eigenvalue weighted by atomic mass is 15.0. The van der Waals surface area contributed by atoms with E-state index < -0.39 is 0 Å². The van der Waals surface area contributed by atoms with E-state index in [-0.39, 0.29) is 0 Å². The molecule has 1 aromatic carbocycles. The van der Waals surface area contributed by atoms with Crippen LogP contribution in [-0.2, 0) is 0 Å². The number of nitrogen functional groups attached to an aromatic ring is 1. The molecule has 0 spiro atoms. The zero-order valence-electron chi connectivity index (χ0n) is 10.7. The molecule has 2 rings (SSSR count). The fraction of sp³-hybridized carbons (Fsp3) is 0.133. The molecule has 1 heterocycles. The van der Waals surface area contributed by atoms with Gasteiger partial charge in [0.05, 0.1) is 0 Å². The molecule has 0 aromatic heterocycles. The number of allylic oxidation sites excluding steroid dienone is 1. The summed E-state index contributed by atoms with van der Waals surface area (Å²) in [5.41, 5.74) is 10.9. The summed E-state index contributed by atoms with van der Waals surface area (Å²) in [5, 5.41) is 3.30. The minimum Gasteiger partial charge on any atom is -0.399 e. The van der Waals surface area contributed by atoms with Crippen molar-refractivity contribution in [3.63, 3.8) is 0 Å². The normalized spacial score (nSPS) is 16.4. The van der Waals surface area contributed by atoms with Gasteiger partial charge in [0.1, 0.15) is 5.84 Å². The number of amidine groups is 1. The predicted octanol–water partition coefficient (Wildman–Crippen LogP) is 3.09. The summed E-state index contributed by atoms with van der Waals surface area (Å²) in [6.07, 6.45) is 3.65. The molecule has 1 aliphatic rings. The largest absolute Gasteiger partial charge is 0.399 e. The summed E-state index contributed by atoms with van der Waals surface area (Å²) in [4.78, 5) is 4.25. The molecule has 3 nitrogen and oxygen atoms in total. The molecule has 92 valence electrons. The summed E-state index contributed by atoms with van der Waals surface area (Å²) in [7, 11) is 0. The van der Waals surface area contributed by atoms with Crippen LogP contribution in [0.1, 0.15) is 19.4 Å². The number of rotatable bonds is 2. The van der Waals surface area contributed by atoms with Crippen LogP contribution >= 0.6 is 0 Å². The van der Waals surface area contributed by atoms with Crippen molar-refractivity contribution in [2.24, 2.45) is 4.99 Å². The highest BCUT2D eigenvalue weighted by molar-refractivity contribution is 6.11. The average molecular weight is 239 g/mol. The molecule has 3 heteroatoms. The Morgan fingerprint density at radius 2 is 1.94 bits per heavy atom. The van der Waals surface area contributed by atoms with Crippen molar-refractivity contribution in [3.8, 4) is 0 Å². The topological polar surface area (TPSA) is 50.4 Å². The van der Waals surface area contributed by atoms with Crippen molar-refractivity contribution in [3.05, 3.63) is 59.8 Å². The van der Waals surface area contributed by atoms with Crippen molar-refractivity contribution in [2.75, 3.05) is 5.73 Å². The number of anilines is 1. The maximum absolute atomic E-state index is 5.69. The fourth-order valence-electron chi connectivity index (χ4n) is 1.84. The smallest absolute Gasteiger partial charge is 0.137 e. The Balaban J connectivity index is 2.40. The van der Waals surface area contributed by atoms with Gasteiger partial charge in [-0.05, 0) is 37.6 Å². The second-order valence-electron chi connectivity index (χ2n) is 4.38. The quantitative estimate of drug-likeness (QED) is 0.779. The van der Waals surface area contributed by atoms with Crippen LogP contribution in [0.25, 0.3) is 5.70 Å². The number of hydrogen-bond acceptors (Lipinski definition) is 2. The standard InChI is InChI=1S/C15H17N3/c1-4-17-15-13(10(2)3)9-14(18-15)11-5-7-12(16)8-6-11/h4-9H,1,16H2,2-3H3,(H,17,18). The zero-order valence-corrected chi connectivity index (χ0v) is 10.7. The van der Waals surface area contributed by atoms with E-state index in [1.165, 1.54) is 5.57 Å². The monoisotopic (exact) mass is 239 g/mol. The zero-order chi connectivity index (χ0) is 13.1. The number of aliphatic imine (C=N–C) groups is 1. The van der Waals surface area contributed by atoms with E-state index in [1.54, 1.807) is 6.20 Å². The van der Waals surface area contributed by atoms with Gasteiger partial charge < -0.3 is 11.1 Å². The van der Waals surface area contributed by atoms with E-state index in [0.717, 1.165) is 28.4 Å². The molecule has 0 atom stereocenters. The molecule has 0 saturated heterocycles. The molecule has 0 fully saturated rings. The number of benzene rings is 1. The van der Waals surface area contributed by atoms with Crippen molar-refractivity contribution >= 4 is 17.2 Å². The van der Waals surface area contributed by atoms with Crippen LogP contribution in [0.3, 0.4) is 0 Å². The van der Waals surface area contributed by atoms with Crippen LogP contribution in [0.15, 0.2) is 59.3 Å². The van der Waals surface area contributed by atoms with Crippen molar-refractivity contribution in [1.29, 1.82) is 0 Å². The number of nitrogens with two attached hydrogens (primary N) is 1. The lowest BCUT2D eigenvalue weighted by Gasteiger charge is -2.05. The van der Waals surface area contributed by atoms with Crippen molar-refractivity contribution < 1.29 is 0 Å². The van der Waals surface area contributed by atoms with E-state index in [0.29, 0.717) is 0 Å². The Bertz CT molecular complexity index is 556. The van der Waals surface area contributed by atoms with Gasteiger partial charge in [-0.25, -0.2) is 4.99 Å². The molecule has 1 aromatic rings. The summed E-state index contributed by atoms with van der Waals surface area (Å²) in [6, 6.07) is 7.77. The van der Waals surface area contributed by atoms with E-state index in [2.05, 4.69) is 36.8 Å². The van der Waals surface area contributed by atoms with Crippen LogP contribution < -0.4 is 11.1 Å². The molecular formula is C15H17N3. The first-order chi connectivity index (χ1) is 8.61. The third-order valence-corrected chi connectivity index (χ3v) is 2.78. The molecule has 0 aliphatic carbocycles. The van der Waals surface area contributed by atoms with Crippen LogP contribution in [0.4, 0.5) is 5.69 Å². The Morgan fingerprint density at radius 1 is 1.28 bits per heavy atom. The maximum atomic E-state index is 5.69. The van der Waals surface area contributed by atoms with E-state index in [1.807, 2.05) is 24.3 Å². The minimum atomic E-state index is 0.764. The summed E-state index contributed by atoms with van der Waals surface area (Å²) in [5.74, 6) is 0.844. The second kappa shape index (κ2) is 4.92. The van der Waals surface area contributed by atoms with Crippen molar-refractivity contribution in [2.45, 2.75) is 13.8 Å². The van der Waals surface area contributed by atoms with Crippen LogP contribution in [0.5, 0.6) is 0 Å². The van der Waals surface area contributed by atoms with Gasteiger partial charge in [0.2, 0.25) is 0 Å². The first-order valence-corrected chi connectivity index (χ1v) is 5.83. The fourth-order valence-corrected chi connectivity index (χ4v) is 1.84. The lowest BCUT2D eigenvalue weighted by molar-refractivity contribution is 1.29. The maximum Gasteiger partial charge on any atom is 0.137 e. The van der Waals surface area contributed by atoms with Crippen LogP contribution in [-0.4, -0.2) is 5.84 Å². The summed E-state index contributed by atoms with van der Waals surface area (Å²) < 4.78 is 0. The number of nitrogens with one attached hydrogen (secondary N) is 1. The Morgan fingerprint density at radius 3 is 2.50 bits per heavy atom. The van der Waals surface area contributed by atoms with Gasteiger partial charge in [0.15, 0.2) is 0 Å².